The zero-order valence-corrected chi connectivity index (χ0v) is 16.1. The molecule has 1 aromatic carbocycles. The highest BCUT2D eigenvalue weighted by Gasteiger charge is 2.09. The highest BCUT2D eigenvalue weighted by molar-refractivity contribution is 7.98. The summed E-state index contributed by atoms with van der Waals surface area (Å²) in [4.78, 5) is 21.0. The third kappa shape index (κ3) is 5.02. The Hall–Kier alpha value is -2.47. The molecule has 0 atom stereocenters. The molecule has 26 heavy (non-hydrogen) atoms. The Morgan fingerprint density at radius 1 is 1.12 bits per heavy atom. The maximum atomic E-state index is 12.2. The number of benzene rings is 1. The molecule has 0 saturated carbocycles. The number of allylic oxidation sites excluding steroid dienone is 2. The summed E-state index contributed by atoms with van der Waals surface area (Å²) >= 11 is 1.59. The molecule has 1 heterocycles. The molecule has 134 valence electrons. The number of hydrogen-bond acceptors (Lipinski definition) is 5. The molecule has 1 amide bonds. The van der Waals surface area contributed by atoms with Gasteiger partial charge >= 0.3 is 0 Å². The fourth-order valence-electron chi connectivity index (χ4n) is 2.69. The Morgan fingerprint density at radius 3 is 2.42 bits per heavy atom. The van der Waals surface area contributed by atoms with Crippen LogP contribution in [0.25, 0.3) is 0 Å². The van der Waals surface area contributed by atoms with Gasteiger partial charge in [0.2, 0.25) is 0 Å². The van der Waals surface area contributed by atoms with Gasteiger partial charge in [0.05, 0.1) is 5.71 Å². The predicted octanol–water partition coefficient (Wildman–Crippen LogP) is 4.21. The van der Waals surface area contributed by atoms with Crippen LogP contribution in [0.3, 0.4) is 0 Å². The first-order chi connectivity index (χ1) is 12.5. The number of nitrogens with one attached hydrogen (secondary N) is 1. The molecule has 0 unspecified atom stereocenters. The van der Waals surface area contributed by atoms with Gasteiger partial charge in [-0.25, -0.2) is 15.4 Å². The van der Waals surface area contributed by atoms with Crippen LogP contribution in [0, 0.1) is 13.8 Å². The van der Waals surface area contributed by atoms with Crippen LogP contribution in [0.1, 0.15) is 47.1 Å². The Bertz CT molecular complexity index is 852. The van der Waals surface area contributed by atoms with Gasteiger partial charge in [-0.3, -0.25) is 4.79 Å². The first-order valence-electron chi connectivity index (χ1n) is 8.58. The van der Waals surface area contributed by atoms with E-state index in [2.05, 4.69) is 27.4 Å². The molecule has 1 aliphatic rings. The molecule has 6 heteroatoms. The van der Waals surface area contributed by atoms with E-state index in [1.165, 1.54) is 5.57 Å². The van der Waals surface area contributed by atoms with Gasteiger partial charge in [0.1, 0.15) is 0 Å². The van der Waals surface area contributed by atoms with Crippen LogP contribution >= 0.6 is 11.8 Å². The number of thioether (sulfide) groups is 1. The maximum Gasteiger partial charge on any atom is 0.271 e. The number of aromatic nitrogens is 2. The van der Waals surface area contributed by atoms with Crippen molar-refractivity contribution in [2.45, 2.75) is 44.5 Å². The van der Waals surface area contributed by atoms with E-state index in [9.17, 15) is 4.79 Å². The number of aryl methyl sites for hydroxylation is 2. The van der Waals surface area contributed by atoms with Gasteiger partial charge in [0.25, 0.3) is 5.91 Å². The van der Waals surface area contributed by atoms with Crippen LogP contribution in [-0.4, -0.2) is 21.6 Å². The van der Waals surface area contributed by atoms with E-state index in [-0.39, 0.29) is 5.91 Å². The smallest absolute Gasteiger partial charge is 0.267 e. The molecule has 2 aromatic rings. The normalized spacial score (nSPS) is 15.2. The second-order valence-corrected chi connectivity index (χ2v) is 7.40. The van der Waals surface area contributed by atoms with Crippen molar-refractivity contribution in [3.05, 3.63) is 64.5 Å². The van der Waals surface area contributed by atoms with Crippen LogP contribution in [0.15, 0.2) is 52.2 Å². The fraction of sp³-hybridized carbons (Fsp3) is 0.300. The third-order valence-corrected chi connectivity index (χ3v) is 4.95. The molecule has 1 aliphatic carbocycles. The van der Waals surface area contributed by atoms with Crippen molar-refractivity contribution >= 4 is 23.4 Å². The Balaban J connectivity index is 1.57. The van der Waals surface area contributed by atoms with Crippen LogP contribution in [-0.2, 0) is 5.75 Å². The minimum Gasteiger partial charge on any atom is -0.267 e. The molecule has 0 radical (unpaired) electrons. The second kappa shape index (κ2) is 8.27. The average Bonchev–Trinajstić information content (AvgIpc) is 3.03. The number of amides is 1. The highest BCUT2D eigenvalue weighted by atomic mass is 32.2. The van der Waals surface area contributed by atoms with Crippen molar-refractivity contribution in [2.24, 2.45) is 5.10 Å². The predicted molar refractivity (Wildman–Crippen MR) is 105 cm³/mol. The monoisotopic (exact) mass is 366 g/mol. The lowest BCUT2D eigenvalue weighted by molar-refractivity contribution is 0.0955. The lowest BCUT2D eigenvalue weighted by Crippen LogP contribution is -2.18. The summed E-state index contributed by atoms with van der Waals surface area (Å²) in [6, 6.07) is 9.52. The largest absolute Gasteiger partial charge is 0.271 e. The van der Waals surface area contributed by atoms with Crippen LogP contribution < -0.4 is 5.43 Å². The van der Waals surface area contributed by atoms with Gasteiger partial charge in [-0.15, -0.1) is 0 Å². The molecule has 0 spiro atoms. The lowest BCUT2D eigenvalue weighted by Gasteiger charge is -2.05. The molecule has 0 fully saturated rings. The van der Waals surface area contributed by atoms with Crippen LogP contribution in [0.2, 0.25) is 0 Å². The quantitative estimate of drug-likeness (QED) is 0.489. The van der Waals surface area contributed by atoms with Gasteiger partial charge in [-0.05, 0) is 63.5 Å². The van der Waals surface area contributed by atoms with Crippen LogP contribution in [0.5, 0.6) is 0 Å². The first-order valence-corrected chi connectivity index (χ1v) is 9.56. The van der Waals surface area contributed by atoms with Crippen molar-refractivity contribution in [3.8, 4) is 0 Å². The molecular formula is C20H22N4OS. The zero-order chi connectivity index (χ0) is 18.5. The van der Waals surface area contributed by atoms with Gasteiger partial charge < -0.3 is 0 Å². The summed E-state index contributed by atoms with van der Waals surface area (Å²) in [6.07, 6.45) is 3.93. The van der Waals surface area contributed by atoms with Crippen molar-refractivity contribution in [1.82, 2.24) is 15.4 Å². The van der Waals surface area contributed by atoms with E-state index in [1.807, 2.05) is 50.3 Å². The second-order valence-electron chi connectivity index (χ2n) is 6.45. The third-order valence-electron chi connectivity index (χ3n) is 4.04. The molecule has 1 N–H and O–H groups in total. The molecule has 0 bridgehead atoms. The maximum absolute atomic E-state index is 12.2. The summed E-state index contributed by atoms with van der Waals surface area (Å²) in [7, 11) is 0. The number of hydrazone groups is 1. The Labute approximate surface area is 158 Å². The Kier molecular flexibility index (Phi) is 5.83. The molecule has 0 aliphatic heterocycles. The average molecular weight is 366 g/mol. The summed E-state index contributed by atoms with van der Waals surface area (Å²) in [5.74, 6) is 0.573. The topological polar surface area (TPSA) is 67.2 Å². The zero-order valence-electron chi connectivity index (χ0n) is 15.2. The number of hydrogen-bond donors (Lipinski definition) is 1. The van der Waals surface area contributed by atoms with E-state index in [0.29, 0.717) is 5.56 Å². The van der Waals surface area contributed by atoms with E-state index in [4.69, 9.17) is 0 Å². The highest BCUT2D eigenvalue weighted by Crippen LogP contribution is 2.20. The van der Waals surface area contributed by atoms with Gasteiger partial charge in [0, 0.05) is 22.7 Å². The molecule has 1 aromatic heterocycles. The minimum absolute atomic E-state index is 0.188. The van der Waals surface area contributed by atoms with E-state index in [0.717, 1.165) is 46.4 Å². The first kappa shape index (κ1) is 18.3. The fourth-order valence-corrected chi connectivity index (χ4v) is 3.59. The van der Waals surface area contributed by atoms with E-state index in [1.54, 1.807) is 11.8 Å². The molecule has 3 rings (SSSR count). The Morgan fingerprint density at radius 2 is 1.81 bits per heavy atom. The van der Waals surface area contributed by atoms with Crippen molar-refractivity contribution in [2.75, 3.05) is 0 Å². The van der Waals surface area contributed by atoms with Crippen molar-refractivity contribution in [1.29, 1.82) is 0 Å². The standard InChI is InChI=1S/C20H22N4OS/c1-13-4-9-18(10-13)23-24-19(25)17-7-5-16(6-8-17)12-26-20-21-14(2)11-15(3)22-20/h5-8,10-11H,4,9,12H2,1-3H3,(H,24,25)/b23-18+. The lowest BCUT2D eigenvalue weighted by atomic mass is 10.1. The minimum atomic E-state index is -0.188. The van der Waals surface area contributed by atoms with E-state index < -0.39 is 0 Å². The molecular weight excluding hydrogens is 344 g/mol. The summed E-state index contributed by atoms with van der Waals surface area (Å²) in [5, 5.41) is 4.96. The van der Waals surface area contributed by atoms with E-state index >= 15 is 0 Å². The van der Waals surface area contributed by atoms with Crippen molar-refractivity contribution in [3.63, 3.8) is 0 Å². The number of carbonyl (C=O) groups excluding carboxylic acids is 1. The SMILES string of the molecule is CC1=C/C(=N/NC(=O)c2ccc(CSc3nc(C)cc(C)n3)cc2)CC1. The summed E-state index contributed by atoms with van der Waals surface area (Å²) < 4.78 is 0. The number of nitrogens with zero attached hydrogens (tertiary/aromatic N) is 3. The van der Waals surface area contributed by atoms with Gasteiger partial charge in [-0.2, -0.15) is 5.10 Å². The van der Waals surface area contributed by atoms with Gasteiger partial charge in [0.15, 0.2) is 5.16 Å². The van der Waals surface area contributed by atoms with Crippen LogP contribution in [0.4, 0.5) is 0 Å². The number of carbonyl (C=O) groups is 1. The molecule has 5 nitrogen and oxygen atoms in total. The summed E-state index contributed by atoms with van der Waals surface area (Å²) in [5.41, 5.74) is 8.53. The van der Waals surface area contributed by atoms with Crippen molar-refractivity contribution < 1.29 is 4.79 Å². The molecule has 0 saturated heterocycles. The van der Waals surface area contributed by atoms with Gasteiger partial charge in [-0.1, -0.05) is 29.5 Å². The summed E-state index contributed by atoms with van der Waals surface area (Å²) in [6.45, 7) is 6.01. The number of rotatable bonds is 5.